The summed E-state index contributed by atoms with van der Waals surface area (Å²) in [5.74, 6) is 0. The van der Waals surface area contributed by atoms with Gasteiger partial charge in [-0.1, -0.05) is 13.0 Å². The minimum absolute atomic E-state index is 0.485. The van der Waals surface area contributed by atoms with Crippen LogP contribution in [-0.4, -0.2) is 0 Å². The molecular weight excluding hydrogens is 302 g/mol. The van der Waals surface area contributed by atoms with E-state index in [1.807, 2.05) is 11.3 Å². The van der Waals surface area contributed by atoms with E-state index in [1.165, 1.54) is 14.2 Å². The Bertz CT molecular complexity index is 422. The normalized spacial score (nSPS) is 12.9. The number of halogens is 1. The molecule has 16 heavy (non-hydrogen) atoms. The molecule has 0 saturated heterocycles. The Morgan fingerprint density at radius 2 is 2.31 bits per heavy atom. The SMILES string of the molecule is CCC(NCc1csc(Br)c1)c1cccs1. The predicted molar refractivity (Wildman–Crippen MR) is 76.2 cm³/mol. The van der Waals surface area contributed by atoms with Crippen molar-refractivity contribution in [1.82, 2.24) is 5.32 Å². The van der Waals surface area contributed by atoms with Crippen molar-refractivity contribution in [3.8, 4) is 0 Å². The van der Waals surface area contributed by atoms with Crippen LogP contribution in [0.1, 0.15) is 29.8 Å². The van der Waals surface area contributed by atoms with Crippen molar-refractivity contribution in [2.24, 2.45) is 0 Å². The number of hydrogen-bond donors (Lipinski definition) is 1. The summed E-state index contributed by atoms with van der Waals surface area (Å²) in [4.78, 5) is 1.43. The number of hydrogen-bond acceptors (Lipinski definition) is 3. The minimum Gasteiger partial charge on any atom is -0.305 e. The van der Waals surface area contributed by atoms with Crippen LogP contribution in [0.15, 0.2) is 32.7 Å². The number of nitrogens with one attached hydrogen (secondary N) is 1. The monoisotopic (exact) mass is 315 g/mol. The highest BCUT2D eigenvalue weighted by atomic mass is 79.9. The van der Waals surface area contributed by atoms with E-state index in [-0.39, 0.29) is 0 Å². The zero-order valence-electron chi connectivity index (χ0n) is 9.07. The van der Waals surface area contributed by atoms with Crippen LogP contribution in [0, 0.1) is 0 Å². The molecule has 2 heterocycles. The Hall–Kier alpha value is -0.160. The standard InChI is InChI=1S/C12H14BrNS2/c1-2-10(11-4-3-5-15-11)14-7-9-6-12(13)16-8-9/h3-6,8,10,14H,2,7H2,1H3. The Labute approximate surface area is 113 Å². The van der Waals surface area contributed by atoms with Gasteiger partial charge in [0.1, 0.15) is 0 Å². The van der Waals surface area contributed by atoms with Gasteiger partial charge in [0.15, 0.2) is 0 Å². The largest absolute Gasteiger partial charge is 0.305 e. The molecule has 1 nitrogen and oxygen atoms in total. The first-order valence-corrected chi connectivity index (χ1v) is 7.84. The van der Waals surface area contributed by atoms with Crippen molar-refractivity contribution in [2.45, 2.75) is 25.9 Å². The van der Waals surface area contributed by atoms with Gasteiger partial charge in [0.25, 0.3) is 0 Å². The molecule has 0 aliphatic heterocycles. The Balaban J connectivity index is 1.93. The zero-order valence-corrected chi connectivity index (χ0v) is 12.3. The summed E-state index contributed by atoms with van der Waals surface area (Å²) < 4.78 is 1.20. The summed E-state index contributed by atoms with van der Waals surface area (Å²) in [6, 6.07) is 6.98. The Kier molecular flexibility index (Phi) is 4.58. The molecule has 0 saturated carbocycles. The van der Waals surface area contributed by atoms with Crippen molar-refractivity contribution in [3.05, 3.63) is 43.2 Å². The first-order chi connectivity index (χ1) is 7.79. The second-order valence-corrected chi connectivity index (χ2v) is 6.89. The number of rotatable bonds is 5. The smallest absolute Gasteiger partial charge is 0.0701 e. The molecule has 4 heteroatoms. The highest BCUT2D eigenvalue weighted by Gasteiger charge is 2.09. The third-order valence-electron chi connectivity index (χ3n) is 2.47. The molecule has 0 aromatic carbocycles. The van der Waals surface area contributed by atoms with Gasteiger partial charge in [-0.2, -0.15) is 0 Å². The maximum absolute atomic E-state index is 3.60. The lowest BCUT2D eigenvalue weighted by Crippen LogP contribution is -2.18. The fourth-order valence-electron chi connectivity index (χ4n) is 1.62. The van der Waals surface area contributed by atoms with Gasteiger partial charge in [0.05, 0.1) is 3.79 Å². The molecule has 86 valence electrons. The average Bonchev–Trinajstić information content (AvgIpc) is 2.91. The zero-order chi connectivity index (χ0) is 11.4. The second-order valence-electron chi connectivity index (χ2n) is 3.62. The molecule has 1 atom stereocenters. The van der Waals surface area contributed by atoms with Gasteiger partial charge >= 0.3 is 0 Å². The molecule has 0 fully saturated rings. The van der Waals surface area contributed by atoms with E-state index in [4.69, 9.17) is 0 Å². The molecule has 2 aromatic rings. The van der Waals surface area contributed by atoms with Crippen LogP contribution in [0.3, 0.4) is 0 Å². The summed E-state index contributed by atoms with van der Waals surface area (Å²) in [6.07, 6.45) is 1.13. The Morgan fingerprint density at radius 1 is 1.44 bits per heavy atom. The molecule has 0 bridgehead atoms. The van der Waals surface area contributed by atoms with Crippen LogP contribution >= 0.6 is 38.6 Å². The lowest BCUT2D eigenvalue weighted by molar-refractivity contribution is 0.527. The maximum Gasteiger partial charge on any atom is 0.0701 e. The van der Waals surface area contributed by atoms with Crippen LogP contribution in [0.25, 0.3) is 0 Å². The molecule has 2 rings (SSSR count). The van der Waals surface area contributed by atoms with E-state index in [9.17, 15) is 0 Å². The quantitative estimate of drug-likeness (QED) is 0.834. The van der Waals surface area contributed by atoms with E-state index in [1.54, 1.807) is 11.3 Å². The van der Waals surface area contributed by atoms with Crippen molar-refractivity contribution < 1.29 is 0 Å². The summed E-state index contributed by atoms with van der Waals surface area (Å²) >= 11 is 7.05. The molecule has 0 aliphatic rings. The fraction of sp³-hybridized carbons (Fsp3) is 0.333. The van der Waals surface area contributed by atoms with Crippen LogP contribution in [0.4, 0.5) is 0 Å². The predicted octanol–water partition coefficient (Wildman–Crippen LogP) is 4.81. The fourth-order valence-corrected chi connectivity index (χ4v) is 3.71. The van der Waals surface area contributed by atoms with Crippen LogP contribution in [0.2, 0.25) is 0 Å². The molecule has 0 aliphatic carbocycles. The van der Waals surface area contributed by atoms with Crippen molar-refractivity contribution >= 4 is 38.6 Å². The Morgan fingerprint density at radius 3 is 2.88 bits per heavy atom. The number of thiophene rings is 2. The van der Waals surface area contributed by atoms with Gasteiger partial charge in [-0.25, -0.2) is 0 Å². The van der Waals surface area contributed by atoms with E-state index in [0.29, 0.717) is 6.04 Å². The molecule has 0 radical (unpaired) electrons. The molecule has 2 aromatic heterocycles. The van der Waals surface area contributed by atoms with Gasteiger partial charge in [-0.3, -0.25) is 0 Å². The van der Waals surface area contributed by atoms with Crippen molar-refractivity contribution in [1.29, 1.82) is 0 Å². The second kappa shape index (κ2) is 5.96. The average molecular weight is 316 g/mol. The molecule has 0 amide bonds. The van der Waals surface area contributed by atoms with Crippen LogP contribution < -0.4 is 5.32 Å². The van der Waals surface area contributed by atoms with Gasteiger partial charge in [0, 0.05) is 17.5 Å². The summed E-state index contributed by atoms with van der Waals surface area (Å²) in [5, 5.41) is 7.93. The lowest BCUT2D eigenvalue weighted by Gasteiger charge is -2.14. The van der Waals surface area contributed by atoms with Gasteiger partial charge in [0.2, 0.25) is 0 Å². The summed E-state index contributed by atoms with van der Waals surface area (Å²) in [6.45, 7) is 3.17. The van der Waals surface area contributed by atoms with E-state index in [2.05, 4.69) is 57.1 Å². The van der Waals surface area contributed by atoms with E-state index < -0.39 is 0 Å². The highest BCUT2D eigenvalue weighted by molar-refractivity contribution is 9.11. The van der Waals surface area contributed by atoms with E-state index >= 15 is 0 Å². The third-order valence-corrected chi connectivity index (χ3v) is 5.01. The molecular formula is C12H14BrNS2. The van der Waals surface area contributed by atoms with Crippen LogP contribution in [0.5, 0.6) is 0 Å². The van der Waals surface area contributed by atoms with Gasteiger partial charge in [-0.15, -0.1) is 22.7 Å². The summed E-state index contributed by atoms with van der Waals surface area (Å²) in [5.41, 5.74) is 1.35. The molecule has 0 spiro atoms. The van der Waals surface area contributed by atoms with E-state index in [0.717, 1.165) is 13.0 Å². The maximum atomic E-state index is 3.60. The van der Waals surface area contributed by atoms with Gasteiger partial charge in [-0.05, 0) is 50.8 Å². The first kappa shape index (κ1) is 12.3. The van der Waals surface area contributed by atoms with Crippen molar-refractivity contribution in [3.63, 3.8) is 0 Å². The summed E-state index contributed by atoms with van der Waals surface area (Å²) in [7, 11) is 0. The minimum atomic E-state index is 0.485. The lowest BCUT2D eigenvalue weighted by atomic mass is 10.2. The third kappa shape index (κ3) is 3.17. The topological polar surface area (TPSA) is 12.0 Å². The first-order valence-electron chi connectivity index (χ1n) is 5.29. The van der Waals surface area contributed by atoms with Gasteiger partial charge < -0.3 is 5.32 Å². The van der Waals surface area contributed by atoms with Crippen LogP contribution in [-0.2, 0) is 6.54 Å². The molecule has 1 unspecified atom stereocenters. The molecule has 1 N–H and O–H groups in total. The highest BCUT2D eigenvalue weighted by Crippen LogP contribution is 2.24. The van der Waals surface area contributed by atoms with Crippen molar-refractivity contribution in [2.75, 3.05) is 0 Å².